The smallest absolute Gasteiger partial charge is 0.409 e. The van der Waals surface area contributed by atoms with Crippen molar-refractivity contribution in [2.45, 2.75) is 18.6 Å². The third kappa shape index (κ3) is 3.10. The summed E-state index contributed by atoms with van der Waals surface area (Å²) in [6.45, 7) is 0.0314. The van der Waals surface area contributed by atoms with Gasteiger partial charge in [0.15, 0.2) is 0 Å². The molecular formula is C16H15F3N2O2. The zero-order chi connectivity index (χ0) is 16.6. The number of hydrazine groups is 1. The van der Waals surface area contributed by atoms with E-state index >= 15 is 0 Å². The average Bonchev–Trinajstić information content (AvgIpc) is 2.91. The number of ether oxygens (including phenoxy) is 1. The summed E-state index contributed by atoms with van der Waals surface area (Å²) in [5.41, 5.74) is 2.37. The van der Waals surface area contributed by atoms with Gasteiger partial charge in [-0.1, -0.05) is 18.2 Å². The molecular weight excluding hydrogens is 309 g/mol. The van der Waals surface area contributed by atoms with E-state index in [2.05, 4.69) is 5.43 Å². The first-order valence-corrected chi connectivity index (χ1v) is 7.09. The van der Waals surface area contributed by atoms with Gasteiger partial charge in [0.2, 0.25) is 5.91 Å². The quantitative estimate of drug-likeness (QED) is 0.943. The van der Waals surface area contributed by atoms with Crippen LogP contribution in [0.25, 0.3) is 10.8 Å². The lowest BCUT2D eigenvalue weighted by molar-refractivity contribution is -0.191. The Labute approximate surface area is 130 Å². The number of nitrogens with zero attached hydrogens (tertiary/aromatic N) is 1. The van der Waals surface area contributed by atoms with Gasteiger partial charge in [-0.25, -0.2) is 5.01 Å². The van der Waals surface area contributed by atoms with Crippen LogP contribution in [0, 0.1) is 0 Å². The Balaban J connectivity index is 2.02. The third-order valence-electron chi connectivity index (χ3n) is 3.86. The van der Waals surface area contributed by atoms with E-state index in [0.717, 1.165) is 10.4 Å². The lowest BCUT2D eigenvalue weighted by Crippen LogP contribution is -2.43. The summed E-state index contributed by atoms with van der Waals surface area (Å²) in [5, 5.41) is 2.43. The van der Waals surface area contributed by atoms with Gasteiger partial charge in [-0.3, -0.25) is 10.2 Å². The zero-order valence-corrected chi connectivity index (χ0v) is 12.4. The predicted octanol–water partition coefficient (Wildman–Crippen LogP) is 3.19. The van der Waals surface area contributed by atoms with E-state index in [1.807, 2.05) is 0 Å². The number of carbonyl (C=O) groups is 1. The van der Waals surface area contributed by atoms with Gasteiger partial charge in [-0.15, -0.1) is 0 Å². The summed E-state index contributed by atoms with van der Waals surface area (Å²) >= 11 is 0. The molecule has 1 heterocycles. The van der Waals surface area contributed by atoms with Crippen LogP contribution in [-0.4, -0.2) is 30.7 Å². The molecule has 1 aliphatic heterocycles. The molecule has 122 valence electrons. The Morgan fingerprint density at radius 1 is 1.17 bits per heavy atom. The Morgan fingerprint density at radius 2 is 1.87 bits per heavy atom. The Hall–Kier alpha value is -2.28. The number of hydrogen-bond acceptors (Lipinski definition) is 3. The molecule has 0 aromatic heterocycles. The number of rotatable bonds is 3. The van der Waals surface area contributed by atoms with E-state index in [4.69, 9.17) is 4.74 Å². The van der Waals surface area contributed by atoms with Gasteiger partial charge in [0, 0.05) is 13.0 Å². The highest BCUT2D eigenvalue weighted by Gasteiger charge is 2.46. The van der Waals surface area contributed by atoms with E-state index < -0.39 is 18.1 Å². The van der Waals surface area contributed by atoms with E-state index in [-0.39, 0.29) is 18.5 Å². The van der Waals surface area contributed by atoms with Crippen LogP contribution in [0.1, 0.15) is 18.0 Å². The van der Waals surface area contributed by atoms with Crippen LogP contribution in [0.3, 0.4) is 0 Å². The first kappa shape index (κ1) is 15.6. The minimum Gasteiger partial charge on any atom is -0.497 e. The molecule has 0 spiro atoms. The Morgan fingerprint density at radius 3 is 2.48 bits per heavy atom. The highest BCUT2D eigenvalue weighted by Crippen LogP contribution is 2.39. The van der Waals surface area contributed by atoms with Gasteiger partial charge in [0.1, 0.15) is 11.8 Å². The van der Waals surface area contributed by atoms with Crippen LogP contribution >= 0.6 is 0 Å². The highest BCUT2D eigenvalue weighted by molar-refractivity contribution is 5.84. The molecule has 3 rings (SSSR count). The van der Waals surface area contributed by atoms with Crippen LogP contribution in [0.4, 0.5) is 13.2 Å². The Kier molecular flexibility index (Phi) is 3.89. The third-order valence-corrected chi connectivity index (χ3v) is 3.86. The fourth-order valence-corrected chi connectivity index (χ4v) is 2.77. The summed E-state index contributed by atoms with van der Waals surface area (Å²) in [7, 11) is 1.53. The topological polar surface area (TPSA) is 41.6 Å². The monoisotopic (exact) mass is 324 g/mol. The van der Waals surface area contributed by atoms with Crippen LogP contribution in [0.5, 0.6) is 5.75 Å². The van der Waals surface area contributed by atoms with Gasteiger partial charge in [-0.2, -0.15) is 13.2 Å². The van der Waals surface area contributed by atoms with Crippen molar-refractivity contribution in [2.24, 2.45) is 0 Å². The molecule has 4 nitrogen and oxygen atoms in total. The summed E-state index contributed by atoms with van der Waals surface area (Å²) < 4.78 is 45.6. The number of benzene rings is 2. The molecule has 1 N–H and O–H groups in total. The molecule has 1 amide bonds. The largest absolute Gasteiger partial charge is 0.497 e. The number of methoxy groups -OCH3 is 1. The molecule has 1 atom stereocenters. The van der Waals surface area contributed by atoms with Crippen molar-refractivity contribution in [2.75, 3.05) is 13.7 Å². The number of hydrogen-bond donors (Lipinski definition) is 1. The minimum absolute atomic E-state index is 0.0314. The molecule has 0 saturated carbocycles. The first-order valence-electron chi connectivity index (χ1n) is 7.09. The van der Waals surface area contributed by atoms with E-state index in [0.29, 0.717) is 11.1 Å². The average molecular weight is 324 g/mol. The molecule has 1 saturated heterocycles. The van der Waals surface area contributed by atoms with Crippen molar-refractivity contribution in [1.29, 1.82) is 0 Å². The number of amides is 1. The minimum atomic E-state index is -4.49. The molecule has 1 fully saturated rings. The fourth-order valence-electron chi connectivity index (χ4n) is 2.77. The molecule has 1 unspecified atom stereocenters. The van der Waals surface area contributed by atoms with Crippen molar-refractivity contribution in [3.8, 4) is 5.75 Å². The Bertz CT molecular complexity index is 746. The standard InChI is InChI=1S/C16H15F3N2O2/c1-23-13-5-4-10-8-12(3-2-11(10)9-13)15(16(17,18)19)21-7-6-14(22)20-21/h2-5,8-9,15H,6-7H2,1H3,(H,20,22). The van der Waals surface area contributed by atoms with Crippen LogP contribution < -0.4 is 10.2 Å². The number of fused-ring (bicyclic) bond motifs is 1. The molecule has 0 bridgehead atoms. The number of carbonyl (C=O) groups excluding carboxylic acids is 1. The normalized spacial score (nSPS) is 17.3. The SMILES string of the molecule is COc1ccc2cc(C(N3CCC(=O)N3)C(F)(F)F)ccc2c1. The first-order chi connectivity index (χ1) is 10.9. The van der Waals surface area contributed by atoms with Gasteiger partial charge in [0.05, 0.1) is 7.11 Å². The lowest BCUT2D eigenvalue weighted by Gasteiger charge is -2.29. The summed E-state index contributed by atoms with van der Waals surface area (Å²) in [6, 6.07) is 7.88. The molecule has 2 aromatic carbocycles. The lowest BCUT2D eigenvalue weighted by atomic mass is 10.0. The summed E-state index contributed by atoms with van der Waals surface area (Å²) in [4.78, 5) is 11.3. The fraction of sp³-hybridized carbons (Fsp3) is 0.312. The van der Waals surface area contributed by atoms with Crippen molar-refractivity contribution < 1.29 is 22.7 Å². The molecule has 2 aromatic rings. The second-order valence-corrected chi connectivity index (χ2v) is 5.40. The molecule has 0 aliphatic carbocycles. The second-order valence-electron chi connectivity index (χ2n) is 5.40. The molecule has 23 heavy (non-hydrogen) atoms. The van der Waals surface area contributed by atoms with E-state index in [1.165, 1.54) is 19.2 Å². The maximum atomic E-state index is 13.5. The molecule has 1 aliphatic rings. The van der Waals surface area contributed by atoms with Crippen LogP contribution in [-0.2, 0) is 4.79 Å². The van der Waals surface area contributed by atoms with Gasteiger partial charge < -0.3 is 4.74 Å². The maximum Gasteiger partial charge on any atom is 0.409 e. The number of halogens is 3. The van der Waals surface area contributed by atoms with E-state index in [1.54, 1.807) is 24.3 Å². The highest BCUT2D eigenvalue weighted by atomic mass is 19.4. The van der Waals surface area contributed by atoms with Crippen molar-refractivity contribution in [1.82, 2.24) is 10.4 Å². The van der Waals surface area contributed by atoms with Crippen molar-refractivity contribution in [3.63, 3.8) is 0 Å². The van der Waals surface area contributed by atoms with E-state index in [9.17, 15) is 18.0 Å². The van der Waals surface area contributed by atoms with Crippen LogP contribution in [0.15, 0.2) is 36.4 Å². The van der Waals surface area contributed by atoms with Crippen LogP contribution in [0.2, 0.25) is 0 Å². The number of alkyl halides is 3. The predicted molar refractivity (Wildman–Crippen MR) is 78.8 cm³/mol. The van der Waals surface area contributed by atoms with Gasteiger partial charge >= 0.3 is 6.18 Å². The summed E-state index contributed by atoms with van der Waals surface area (Å²) in [6.07, 6.45) is -4.42. The summed E-state index contributed by atoms with van der Waals surface area (Å²) in [5.74, 6) is 0.245. The van der Waals surface area contributed by atoms with Crippen molar-refractivity contribution in [3.05, 3.63) is 42.0 Å². The second kappa shape index (κ2) is 5.73. The maximum absolute atomic E-state index is 13.5. The van der Waals surface area contributed by atoms with Gasteiger partial charge in [0.25, 0.3) is 0 Å². The van der Waals surface area contributed by atoms with Crippen molar-refractivity contribution >= 4 is 16.7 Å². The molecule has 7 heteroatoms. The zero-order valence-electron chi connectivity index (χ0n) is 12.4. The molecule has 0 radical (unpaired) electrons. The number of nitrogens with one attached hydrogen (secondary N) is 1. The van der Waals surface area contributed by atoms with Gasteiger partial charge in [-0.05, 0) is 34.5 Å².